The van der Waals surface area contributed by atoms with Gasteiger partial charge in [-0.3, -0.25) is 9.69 Å². The van der Waals surface area contributed by atoms with Gasteiger partial charge in [-0.05, 0) is 62.9 Å². The maximum atomic E-state index is 12.0. The minimum absolute atomic E-state index is 0. The van der Waals surface area contributed by atoms with Crippen molar-refractivity contribution < 1.29 is 28.5 Å². The first-order valence-electron chi connectivity index (χ1n) is 14.2. The second-order valence-corrected chi connectivity index (χ2v) is 10.2. The zero-order valence-electron chi connectivity index (χ0n) is 24.3. The molecule has 3 heterocycles. The topological polar surface area (TPSA) is 90.6 Å². The third kappa shape index (κ3) is 9.42. The minimum Gasteiger partial charge on any atom is -0.507 e. The van der Waals surface area contributed by atoms with Crippen LogP contribution in [0.5, 0.6) is 23.0 Å². The number of fused-ring (bicyclic) bond motifs is 2. The van der Waals surface area contributed by atoms with E-state index in [1.165, 1.54) is 6.07 Å². The molecule has 1 N–H and O–H groups in total. The quantitative estimate of drug-likeness (QED) is 0.238. The standard InChI is InChI=1S/C17H27NO3.C15H14O4.ClH/c1-2-3-12-20-16-5-7-17(8-6-16)21-13-4-9-18-10-14-19-15-11-18;1-8-3-4-10-12(18-7-8)6-13-14(15(10)17)11(16)5-9(2)19-13;/h5-8H,2-4,9-15H2,1H3;3,5-6,17H,4,7H2,1-2H3;1H. The highest BCUT2D eigenvalue weighted by molar-refractivity contribution is 5.87. The van der Waals surface area contributed by atoms with Crippen molar-refractivity contribution in [2.45, 2.75) is 46.5 Å². The molecule has 9 heteroatoms. The molecule has 5 rings (SSSR count). The molecule has 0 bridgehead atoms. The summed E-state index contributed by atoms with van der Waals surface area (Å²) in [5.41, 5.74) is 1.86. The van der Waals surface area contributed by atoms with E-state index < -0.39 is 0 Å². The largest absolute Gasteiger partial charge is 0.507 e. The number of aryl methyl sites for hydroxylation is 1. The molecule has 2 aromatic carbocycles. The summed E-state index contributed by atoms with van der Waals surface area (Å²) in [6, 6.07) is 11.0. The highest BCUT2D eigenvalue weighted by Crippen LogP contribution is 2.37. The maximum Gasteiger partial charge on any atom is 0.196 e. The fourth-order valence-electron chi connectivity index (χ4n) is 4.56. The Balaban J connectivity index is 0.000000221. The summed E-state index contributed by atoms with van der Waals surface area (Å²) in [5.74, 6) is 2.89. The van der Waals surface area contributed by atoms with Gasteiger partial charge in [-0.1, -0.05) is 19.4 Å². The predicted octanol–water partition coefficient (Wildman–Crippen LogP) is 6.08. The van der Waals surface area contributed by atoms with Crippen molar-refractivity contribution in [2.24, 2.45) is 0 Å². The molecule has 8 nitrogen and oxygen atoms in total. The van der Waals surface area contributed by atoms with Gasteiger partial charge in [0.25, 0.3) is 0 Å². The van der Waals surface area contributed by atoms with Gasteiger partial charge in [0.15, 0.2) is 5.43 Å². The Labute approximate surface area is 248 Å². The molecular weight excluding hydrogens is 546 g/mol. The van der Waals surface area contributed by atoms with Crippen LogP contribution >= 0.6 is 12.4 Å². The molecule has 1 fully saturated rings. The molecule has 1 aromatic heterocycles. The molecule has 224 valence electrons. The van der Waals surface area contributed by atoms with Crippen LogP contribution in [0.3, 0.4) is 0 Å². The number of unbranched alkanes of at least 4 members (excludes halogenated alkanes) is 1. The number of halogens is 1. The molecule has 0 radical (unpaired) electrons. The number of aromatic hydroxyl groups is 1. The predicted molar refractivity (Wildman–Crippen MR) is 163 cm³/mol. The molecule has 0 saturated carbocycles. The van der Waals surface area contributed by atoms with E-state index in [0.29, 0.717) is 35.7 Å². The van der Waals surface area contributed by atoms with Crippen LogP contribution in [0.4, 0.5) is 0 Å². The number of allylic oxidation sites excluding steroid dienone is 1. The van der Waals surface area contributed by atoms with E-state index in [-0.39, 0.29) is 29.0 Å². The molecule has 0 aliphatic carbocycles. The number of phenolic OH excluding ortho intramolecular Hbond substituents is 1. The molecule has 0 spiro atoms. The first-order chi connectivity index (χ1) is 19.4. The second kappa shape index (κ2) is 16.3. The zero-order valence-corrected chi connectivity index (χ0v) is 25.1. The van der Waals surface area contributed by atoms with Crippen LogP contribution in [0.1, 0.15) is 44.4 Å². The van der Waals surface area contributed by atoms with Crippen molar-refractivity contribution in [3.05, 3.63) is 69.6 Å². The van der Waals surface area contributed by atoms with Crippen molar-refractivity contribution in [2.75, 3.05) is 52.7 Å². The van der Waals surface area contributed by atoms with E-state index in [1.807, 2.05) is 37.3 Å². The lowest BCUT2D eigenvalue weighted by molar-refractivity contribution is 0.0358. The molecule has 41 heavy (non-hydrogen) atoms. The van der Waals surface area contributed by atoms with Gasteiger partial charge in [0.2, 0.25) is 0 Å². The molecular formula is C32H42ClNO7. The zero-order chi connectivity index (χ0) is 28.3. The van der Waals surface area contributed by atoms with E-state index in [2.05, 4.69) is 11.8 Å². The van der Waals surface area contributed by atoms with Gasteiger partial charge in [-0.25, -0.2) is 0 Å². The summed E-state index contributed by atoms with van der Waals surface area (Å²) in [6.45, 7) is 12.8. The Kier molecular flexibility index (Phi) is 12.8. The van der Waals surface area contributed by atoms with E-state index >= 15 is 0 Å². The Morgan fingerprint density at radius 1 is 0.976 bits per heavy atom. The molecule has 0 atom stereocenters. The van der Waals surface area contributed by atoms with E-state index in [4.69, 9.17) is 23.4 Å². The van der Waals surface area contributed by atoms with Gasteiger partial charge in [-0.2, -0.15) is 0 Å². The maximum absolute atomic E-state index is 12.0. The summed E-state index contributed by atoms with van der Waals surface area (Å²) in [4.78, 5) is 14.4. The Bertz CT molecular complexity index is 1330. The van der Waals surface area contributed by atoms with Crippen LogP contribution in [0.15, 0.2) is 57.3 Å². The van der Waals surface area contributed by atoms with Crippen molar-refractivity contribution in [3.8, 4) is 23.0 Å². The molecule has 3 aromatic rings. The fraction of sp³-hybridized carbons (Fsp3) is 0.469. The van der Waals surface area contributed by atoms with E-state index in [0.717, 1.165) is 82.4 Å². The highest BCUT2D eigenvalue weighted by Gasteiger charge is 2.19. The number of phenols is 1. The first-order valence-corrected chi connectivity index (χ1v) is 14.2. The highest BCUT2D eigenvalue weighted by atomic mass is 35.5. The molecule has 2 aliphatic rings. The molecule has 2 aliphatic heterocycles. The number of nitrogens with zero attached hydrogens (tertiary/aromatic N) is 1. The monoisotopic (exact) mass is 587 g/mol. The van der Waals surface area contributed by atoms with Crippen LogP contribution in [-0.2, 0) is 11.2 Å². The van der Waals surface area contributed by atoms with Gasteiger partial charge in [0.05, 0.1) is 26.4 Å². The van der Waals surface area contributed by atoms with E-state index in [9.17, 15) is 9.90 Å². The average Bonchev–Trinajstić information content (AvgIpc) is 3.14. The van der Waals surface area contributed by atoms with Crippen molar-refractivity contribution in [1.82, 2.24) is 4.90 Å². The third-order valence-electron chi connectivity index (χ3n) is 6.87. The summed E-state index contributed by atoms with van der Waals surface area (Å²) in [6.07, 6.45) is 5.85. The Morgan fingerprint density at radius 3 is 2.29 bits per heavy atom. The number of morpholine rings is 1. The average molecular weight is 588 g/mol. The third-order valence-corrected chi connectivity index (χ3v) is 6.87. The van der Waals surface area contributed by atoms with Crippen molar-refractivity contribution in [3.63, 3.8) is 0 Å². The number of benzene rings is 2. The van der Waals surface area contributed by atoms with Crippen LogP contribution in [-0.4, -0.2) is 62.7 Å². The van der Waals surface area contributed by atoms with Crippen LogP contribution in [0.2, 0.25) is 0 Å². The first kappa shape index (κ1) is 32.3. The summed E-state index contributed by atoms with van der Waals surface area (Å²) in [5, 5.41) is 10.5. The Hall–Kier alpha value is -3.20. The van der Waals surface area contributed by atoms with Crippen LogP contribution < -0.4 is 19.6 Å². The van der Waals surface area contributed by atoms with E-state index in [1.54, 1.807) is 13.0 Å². The number of ether oxygens (including phenoxy) is 4. The number of hydrogen-bond acceptors (Lipinski definition) is 8. The second-order valence-electron chi connectivity index (χ2n) is 10.2. The molecule has 1 saturated heterocycles. The summed E-state index contributed by atoms with van der Waals surface area (Å²) >= 11 is 0. The summed E-state index contributed by atoms with van der Waals surface area (Å²) in [7, 11) is 0. The van der Waals surface area contributed by atoms with Gasteiger partial charge < -0.3 is 28.5 Å². The van der Waals surface area contributed by atoms with Gasteiger partial charge in [-0.15, -0.1) is 12.4 Å². The smallest absolute Gasteiger partial charge is 0.196 e. The fourth-order valence-corrected chi connectivity index (χ4v) is 4.56. The Morgan fingerprint density at radius 2 is 1.63 bits per heavy atom. The summed E-state index contributed by atoms with van der Waals surface area (Å²) < 4.78 is 27.9. The van der Waals surface area contributed by atoms with Gasteiger partial charge in [0.1, 0.15) is 46.3 Å². The lowest BCUT2D eigenvalue weighted by Gasteiger charge is -2.26. The SMILES string of the molecule is CC1=CCc2c(cc3oc(C)cc(=O)c3c2O)OC1.CCCCOc1ccc(OCCCN2CCOCC2)cc1.Cl. The normalized spacial score (nSPS) is 14.9. The van der Waals surface area contributed by atoms with Crippen LogP contribution in [0.25, 0.3) is 11.0 Å². The van der Waals surface area contributed by atoms with Gasteiger partial charge in [0, 0.05) is 37.3 Å². The molecule has 0 amide bonds. The molecule has 0 unspecified atom stereocenters. The van der Waals surface area contributed by atoms with Crippen molar-refractivity contribution >= 4 is 23.4 Å². The van der Waals surface area contributed by atoms with Crippen molar-refractivity contribution in [1.29, 1.82) is 0 Å². The lowest BCUT2D eigenvalue weighted by atomic mass is 10.0. The number of hydrogen-bond donors (Lipinski definition) is 1. The minimum atomic E-state index is -0.232. The van der Waals surface area contributed by atoms with Gasteiger partial charge >= 0.3 is 0 Å². The number of rotatable bonds is 9. The van der Waals surface area contributed by atoms with Crippen LogP contribution in [0, 0.1) is 6.92 Å². The lowest BCUT2D eigenvalue weighted by Crippen LogP contribution is -2.37.